The van der Waals surface area contributed by atoms with Crippen molar-refractivity contribution in [1.29, 1.82) is 0 Å². The highest BCUT2D eigenvalue weighted by Gasteiger charge is 2.16. The number of hydrogen-bond donors (Lipinski definition) is 2. The van der Waals surface area contributed by atoms with Crippen LogP contribution >= 0.6 is 0 Å². The summed E-state index contributed by atoms with van der Waals surface area (Å²) in [5.41, 5.74) is 5.80. The Labute approximate surface area is 239 Å². The number of ether oxygens (including phenoxy) is 2. The summed E-state index contributed by atoms with van der Waals surface area (Å²) in [5.74, 6) is 0.138. The van der Waals surface area contributed by atoms with Crippen LogP contribution in [0, 0.1) is 6.92 Å². The summed E-state index contributed by atoms with van der Waals surface area (Å²) in [6, 6.07) is 21.8. The molecule has 0 saturated carbocycles. The third kappa shape index (κ3) is 7.03. The summed E-state index contributed by atoms with van der Waals surface area (Å²) in [6.07, 6.45) is 0.991. The molecule has 3 aromatic carbocycles. The molecular formula is C33H35N3O5. The minimum atomic E-state index is -0.776. The molecule has 0 saturated heterocycles. The number of benzene rings is 3. The SMILES string of the molecule is CCOC(=O)Oc1ccc(Nc2cc(-c3cccc(NC(=O)c4ccc(C(C)(C)C)cc4)c3C)cn(C)c2=O)cc1. The van der Waals surface area contributed by atoms with E-state index in [1.165, 1.54) is 4.57 Å². The first-order valence-corrected chi connectivity index (χ1v) is 13.4. The second kappa shape index (κ2) is 12.1. The van der Waals surface area contributed by atoms with Gasteiger partial charge >= 0.3 is 6.16 Å². The van der Waals surface area contributed by atoms with E-state index in [9.17, 15) is 14.4 Å². The van der Waals surface area contributed by atoms with E-state index in [2.05, 4.69) is 31.4 Å². The first-order chi connectivity index (χ1) is 19.5. The molecule has 0 radical (unpaired) electrons. The molecule has 4 rings (SSSR count). The second-order valence-electron chi connectivity index (χ2n) is 10.8. The van der Waals surface area contributed by atoms with Gasteiger partial charge in [0.25, 0.3) is 11.5 Å². The van der Waals surface area contributed by atoms with Crippen molar-refractivity contribution in [3.8, 4) is 16.9 Å². The fraction of sp³-hybridized carbons (Fsp3) is 0.242. The highest BCUT2D eigenvalue weighted by Crippen LogP contribution is 2.30. The van der Waals surface area contributed by atoms with Gasteiger partial charge in [0.15, 0.2) is 0 Å². The van der Waals surface area contributed by atoms with E-state index in [-0.39, 0.29) is 23.5 Å². The van der Waals surface area contributed by atoms with Crippen molar-refractivity contribution in [2.45, 2.75) is 40.0 Å². The van der Waals surface area contributed by atoms with Crippen LogP contribution in [0.25, 0.3) is 11.1 Å². The van der Waals surface area contributed by atoms with Crippen LogP contribution in [0.1, 0.15) is 49.2 Å². The fourth-order valence-corrected chi connectivity index (χ4v) is 4.35. The van der Waals surface area contributed by atoms with Gasteiger partial charge in [-0.05, 0) is 84.5 Å². The Hall–Kier alpha value is -4.85. The maximum absolute atomic E-state index is 13.0. The lowest BCUT2D eigenvalue weighted by Crippen LogP contribution is -2.19. The van der Waals surface area contributed by atoms with Gasteiger partial charge in [-0.1, -0.05) is 45.0 Å². The average molecular weight is 554 g/mol. The van der Waals surface area contributed by atoms with Crippen LogP contribution < -0.4 is 20.9 Å². The lowest BCUT2D eigenvalue weighted by atomic mass is 9.86. The Balaban J connectivity index is 1.56. The Morgan fingerprint density at radius 3 is 2.24 bits per heavy atom. The van der Waals surface area contributed by atoms with Crippen molar-refractivity contribution in [3.63, 3.8) is 0 Å². The van der Waals surface area contributed by atoms with E-state index in [1.54, 1.807) is 50.5 Å². The Morgan fingerprint density at radius 2 is 1.61 bits per heavy atom. The van der Waals surface area contributed by atoms with Gasteiger partial charge in [0.2, 0.25) is 0 Å². The molecule has 4 aromatic rings. The van der Waals surface area contributed by atoms with Crippen molar-refractivity contribution in [2.75, 3.05) is 17.2 Å². The van der Waals surface area contributed by atoms with Gasteiger partial charge in [-0.15, -0.1) is 0 Å². The standard InChI is InChI=1S/C33H35N3O5/c1-7-40-32(39)41-26-17-15-25(16-18-26)34-29-19-23(20-36(6)31(29)38)27-9-8-10-28(21(27)2)35-30(37)22-11-13-24(14-12-22)33(3,4)5/h8-20,34H,7H2,1-6H3,(H,35,37). The number of carbonyl (C=O) groups is 2. The molecule has 2 N–H and O–H groups in total. The number of aryl methyl sites for hydroxylation is 1. The van der Waals surface area contributed by atoms with Crippen molar-refractivity contribution in [2.24, 2.45) is 7.05 Å². The third-order valence-electron chi connectivity index (χ3n) is 6.69. The quantitative estimate of drug-likeness (QED) is 0.186. The van der Waals surface area contributed by atoms with E-state index < -0.39 is 6.16 Å². The zero-order chi connectivity index (χ0) is 29.7. The van der Waals surface area contributed by atoms with Gasteiger partial charge in [0, 0.05) is 35.7 Å². The van der Waals surface area contributed by atoms with E-state index in [0.29, 0.717) is 28.4 Å². The summed E-state index contributed by atoms with van der Waals surface area (Å²) in [4.78, 5) is 37.5. The van der Waals surface area contributed by atoms with Crippen LogP contribution in [0.3, 0.4) is 0 Å². The van der Waals surface area contributed by atoms with Crippen LogP contribution in [0.2, 0.25) is 0 Å². The lowest BCUT2D eigenvalue weighted by molar-refractivity contribution is 0.102. The topological polar surface area (TPSA) is 98.7 Å². The van der Waals surface area contributed by atoms with Crippen molar-refractivity contribution in [3.05, 3.63) is 106 Å². The maximum Gasteiger partial charge on any atom is 0.513 e. The van der Waals surface area contributed by atoms with Gasteiger partial charge in [0.1, 0.15) is 11.4 Å². The number of nitrogens with one attached hydrogen (secondary N) is 2. The Bertz CT molecular complexity index is 1620. The van der Waals surface area contributed by atoms with Crippen LogP contribution in [-0.2, 0) is 17.2 Å². The first-order valence-electron chi connectivity index (χ1n) is 13.4. The molecule has 0 atom stereocenters. The fourth-order valence-electron chi connectivity index (χ4n) is 4.35. The Kier molecular flexibility index (Phi) is 8.62. The summed E-state index contributed by atoms with van der Waals surface area (Å²) >= 11 is 0. The number of rotatable bonds is 7. The molecule has 0 bridgehead atoms. The summed E-state index contributed by atoms with van der Waals surface area (Å²) < 4.78 is 11.4. The van der Waals surface area contributed by atoms with E-state index >= 15 is 0 Å². The normalized spacial score (nSPS) is 11.1. The monoisotopic (exact) mass is 553 g/mol. The molecule has 1 aromatic heterocycles. The lowest BCUT2D eigenvalue weighted by Gasteiger charge is -2.19. The van der Waals surface area contributed by atoms with Crippen LogP contribution in [0.15, 0.2) is 83.8 Å². The van der Waals surface area contributed by atoms with E-state index in [4.69, 9.17) is 9.47 Å². The summed E-state index contributed by atoms with van der Waals surface area (Å²) in [7, 11) is 1.69. The molecule has 0 spiro atoms. The maximum atomic E-state index is 13.0. The van der Waals surface area contributed by atoms with Crippen LogP contribution in [0.4, 0.5) is 21.9 Å². The number of nitrogens with zero attached hydrogens (tertiary/aromatic N) is 1. The predicted octanol–water partition coefficient (Wildman–Crippen LogP) is 7.19. The summed E-state index contributed by atoms with van der Waals surface area (Å²) in [6.45, 7) is 10.3. The van der Waals surface area contributed by atoms with Gasteiger partial charge in [-0.3, -0.25) is 9.59 Å². The van der Waals surface area contributed by atoms with E-state index in [0.717, 1.165) is 22.3 Å². The van der Waals surface area contributed by atoms with Crippen LogP contribution in [-0.4, -0.2) is 23.2 Å². The van der Waals surface area contributed by atoms with Crippen molar-refractivity contribution < 1.29 is 19.1 Å². The number of carbonyl (C=O) groups excluding carboxylic acids is 2. The minimum absolute atomic E-state index is 0.00535. The highest BCUT2D eigenvalue weighted by atomic mass is 16.7. The number of pyridine rings is 1. The highest BCUT2D eigenvalue weighted by molar-refractivity contribution is 6.05. The van der Waals surface area contributed by atoms with Crippen molar-refractivity contribution in [1.82, 2.24) is 4.57 Å². The number of amides is 1. The molecule has 1 amide bonds. The molecule has 8 heteroatoms. The van der Waals surface area contributed by atoms with Gasteiger partial charge in [0.05, 0.1) is 6.61 Å². The van der Waals surface area contributed by atoms with E-state index in [1.807, 2.05) is 49.4 Å². The molecular weight excluding hydrogens is 518 g/mol. The molecule has 0 aliphatic rings. The first kappa shape index (κ1) is 29.1. The van der Waals surface area contributed by atoms with Crippen molar-refractivity contribution >= 4 is 29.1 Å². The predicted molar refractivity (Wildman–Crippen MR) is 162 cm³/mol. The molecule has 41 heavy (non-hydrogen) atoms. The Morgan fingerprint density at radius 1 is 0.927 bits per heavy atom. The number of aromatic nitrogens is 1. The third-order valence-corrected chi connectivity index (χ3v) is 6.69. The van der Waals surface area contributed by atoms with Crippen LogP contribution in [0.5, 0.6) is 5.75 Å². The zero-order valence-electron chi connectivity index (χ0n) is 24.2. The molecule has 8 nitrogen and oxygen atoms in total. The molecule has 0 aliphatic carbocycles. The largest absolute Gasteiger partial charge is 0.513 e. The molecule has 1 heterocycles. The molecule has 0 aliphatic heterocycles. The zero-order valence-corrected chi connectivity index (χ0v) is 24.2. The minimum Gasteiger partial charge on any atom is -0.434 e. The van der Waals surface area contributed by atoms with Gasteiger partial charge in [-0.25, -0.2) is 4.79 Å². The molecule has 212 valence electrons. The van der Waals surface area contributed by atoms with Gasteiger partial charge in [-0.2, -0.15) is 0 Å². The number of hydrogen-bond acceptors (Lipinski definition) is 6. The average Bonchev–Trinajstić information content (AvgIpc) is 2.93. The summed E-state index contributed by atoms with van der Waals surface area (Å²) in [5, 5.41) is 6.19. The van der Waals surface area contributed by atoms with Gasteiger partial charge < -0.3 is 24.7 Å². The number of anilines is 3. The smallest absolute Gasteiger partial charge is 0.434 e. The second-order valence-corrected chi connectivity index (χ2v) is 10.8. The molecule has 0 unspecified atom stereocenters. The molecule has 0 fully saturated rings.